The number of carbonyl (C=O) groups excluding carboxylic acids is 2. The quantitative estimate of drug-likeness (QED) is 0.551. The molecule has 0 radical (unpaired) electrons. The lowest BCUT2D eigenvalue weighted by Gasteiger charge is -2.25. The molecule has 3 N–H and O–H groups in total. The minimum atomic E-state index is -0.555. The van der Waals surface area contributed by atoms with Crippen molar-refractivity contribution in [2.24, 2.45) is 5.73 Å². The molecule has 31 heavy (non-hydrogen) atoms. The number of rotatable bonds is 9. The third-order valence-corrected chi connectivity index (χ3v) is 5.62. The van der Waals surface area contributed by atoms with E-state index in [1.165, 1.54) is 17.4 Å². The van der Waals surface area contributed by atoms with E-state index in [1.807, 2.05) is 26.0 Å². The maximum Gasteiger partial charge on any atom is 0.254 e. The van der Waals surface area contributed by atoms with Crippen LogP contribution < -0.4 is 16.0 Å². The van der Waals surface area contributed by atoms with E-state index in [1.54, 1.807) is 4.52 Å². The topological polar surface area (TPSA) is 106 Å². The number of amides is 2. The highest BCUT2D eigenvalue weighted by Crippen LogP contribution is 2.19. The predicted octanol–water partition coefficient (Wildman–Crippen LogP) is 2.33. The number of fused-ring (bicyclic) bond motifs is 1. The zero-order chi connectivity index (χ0) is 22.5. The number of aryl methyl sites for hydroxylation is 3. The van der Waals surface area contributed by atoms with E-state index in [0.29, 0.717) is 30.6 Å². The van der Waals surface area contributed by atoms with Crippen molar-refractivity contribution in [3.8, 4) is 0 Å². The third-order valence-electron chi connectivity index (χ3n) is 5.62. The molecule has 2 amide bonds. The number of carbonyl (C=O) groups is 2. The summed E-state index contributed by atoms with van der Waals surface area (Å²) < 4.78 is 1.61. The van der Waals surface area contributed by atoms with Crippen molar-refractivity contribution in [1.82, 2.24) is 19.9 Å². The van der Waals surface area contributed by atoms with Gasteiger partial charge >= 0.3 is 0 Å². The van der Waals surface area contributed by atoms with Crippen LogP contribution in [-0.4, -0.2) is 46.0 Å². The molecule has 0 saturated carbocycles. The van der Waals surface area contributed by atoms with Crippen molar-refractivity contribution >= 4 is 23.1 Å². The summed E-state index contributed by atoms with van der Waals surface area (Å²) >= 11 is 0. The molecule has 0 spiro atoms. The SMILES string of the molecule is CCN(CCNC(=O)CCc1c(C)nc2c(C(N)=O)cnn2c1C)c1ccccc1C. The summed E-state index contributed by atoms with van der Waals surface area (Å²) in [6, 6.07) is 8.26. The molecule has 2 heterocycles. The number of likely N-dealkylation sites (N-methyl/N-ethyl adjacent to an activating group) is 1. The molecule has 0 unspecified atom stereocenters. The molecule has 8 heteroatoms. The van der Waals surface area contributed by atoms with E-state index in [2.05, 4.69) is 46.3 Å². The van der Waals surface area contributed by atoms with Crippen LogP contribution in [0.1, 0.15) is 46.2 Å². The van der Waals surface area contributed by atoms with Gasteiger partial charge in [-0.1, -0.05) is 18.2 Å². The largest absolute Gasteiger partial charge is 0.370 e. The first-order chi connectivity index (χ1) is 14.8. The van der Waals surface area contributed by atoms with Crippen LogP contribution in [0.15, 0.2) is 30.5 Å². The Balaban J connectivity index is 1.59. The van der Waals surface area contributed by atoms with Crippen molar-refractivity contribution in [3.63, 3.8) is 0 Å². The number of para-hydroxylation sites is 1. The van der Waals surface area contributed by atoms with Crippen molar-refractivity contribution in [3.05, 3.63) is 58.5 Å². The molecular formula is C23H30N6O2. The number of aromatic nitrogens is 3. The lowest BCUT2D eigenvalue weighted by Crippen LogP contribution is -2.35. The number of nitrogens with one attached hydrogen (secondary N) is 1. The van der Waals surface area contributed by atoms with Crippen molar-refractivity contribution < 1.29 is 9.59 Å². The minimum Gasteiger partial charge on any atom is -0.370 e. The van der Waals surface area contributed by atoms with Gasteiger partial charge in [-0.3, -0.25) is 9.59 Å². The van der Waals surface area contributed by atoms with E-state index in [9.17, 15) is 9.59 Å². The molecule has 0 atom stereocenters. The highest BCUT2D eigenvalue weighted by Gasteiger charge is 2.17. The second-order valence-corrected chi connectivity index (χ2v) is 7.64. The van der Waals surface area contributed by atoms with E-state index in [0.717, 1.165) is 30.0 Å². The molecule has 0 aliphatic rings. The molecule has 1 aromatic carbocycles. The molecule has 0 aliphatic heterocycles. The number of primary amides is 1. The molecule has 0 saturated heterocycles. The predicted molar refractivity (Wildman–Crippen MR) is 121 cm³/mol. The molecular weight excluding hydrogens is 392 g/mol. The Morgan fingerprint density at radius 3 is 2.61 bits per heavy atom. The van der Waals surface area contributed by atoms with Gasteiger partial charge in [0.2, 0.25) is 5.91 Å². The van der Waals surface area contributed by atoms with E-state index in [-0.39, 0.29) is 5.91 Å². The number of hydrogen-bond donors (Lipinski definition) is 2. The smallest absolute Gasteiger partial charge is 0.254 e. The van der Waals surface area contributed by atoms with Crippen LogP contribution >= 0.6 is 0 Å². The van der Waals surface area contributed by atoms with Crippen molar-refractivity contribution in [2.75, 3.05) is 24.5 Å². The number of nitrogens with zero attached hydrogens (tertiary/aromatic N) is 4. The normalized spacial score (nSPS) is 11.0. The zero-order valence-electron chi connectivity index (χ0n) is 18.6. The van der Waals surface area contributed by atoms with Crippen LogP contribution in [-0.2, 0) is 11.2 Å². The van der Waals surface area contributed by atoms with Crippen LogP contribution in [0, 0.1) is 20.8 Å². The summed E-state index contributed by atoms with van der Waals surface area (Å²) in [5.74, 6) is -0.557. The van der Waals surface area contributed by atoms with Crippen LogP contribution in [0.5, 0.6) is 0 Å². The first-order valence-corrected chi connectivity index (χ1v) is 10.5. The lowest BCUT2D eigenvalue weighted by atomic mass is 10.1. The highest BCUT2D eigenvalue weighted by molar-refractivity contribution is 5.98. The molecule has 0 bridgehead atoms. The first kappa shape index (κ1) is 22.3. The fourth-order valence-corrected chi connectivity index (χ4v) is 3.87. The van der Waals surface area contributed by atoms with Gasteiger partial charge in [-0.15, -0.1) is 0 Å². The fourth-order valence-electron chi connectivity index (χ4n) is 3.87. The van der Waals surface area contributed by atoms with Crippen molar-refractivity contribution in [2.45, 2.75) is 40.5 Å². The summed E-state index contributed by atoms with van der Waals surface area (Å²) in [5.41, 5.74) is 11.2. The van der Waals surface area contributed by atoms with Gasteiger partial charge in [0.05, 0.1) is 6.20 Å². The summed E-state index contributed by atoms with van der Waals surface area (Å²) in [6.45, 7) is 10.2. The van der Waals surface area contributed by atoms with Crippen LogP contribution in [0.2, 0.25) is 0 Å². The van der Waals surface area contributed by atoms with Gasteiger partial charge in [-0.25, -0.2) is 9.50 Å². The molecule has 3 rings (SSSR count). The zero-order valence-corrected chi connectivity index (χ0v) is 18.6. The van der Waals surface area contributed by atoms with Gasteiger partial charge < -0.3 is 16.0 Å². The van der Waals surface area contributed by atoms with E-state index < -0.39 is 5.91 Å². The Morgan fingerprint density at radius 2 is 1.94 bits per heavy atom. The molecule has 2 aromatic heterocycles. The van der Waals surface area contributed by atoms with Gasteiger partial charge in [0.25, 0.3) is 5.91 Å². The first-order valence-electron chi connectivity index (χ1n) is 10.5. The molecule has 0 fully saturated rings. The Labute approximate surface area is 182 Å². The highest BCUT2D eigenvalue weighted by atomic mass is 16.1. The Kier molecular flexibility index (Phi) is 6.89. The maximum atomic E-state index is 12.4. The molecule has 8 nitrogen and oxygen atoms in total. The average Bonchev–Trinajstić information content (AvgIpc) is 3.16. The summed E-state index contributed by atoms with van der Waals surface area (Å²) in [6.07, 6.45) is 2.34. The molecule has 164 valence electrons. The minimum absolute atomic E-state index is 0.00183. The lowest BCUT2D eigenvalue weighted by molar-refractivity contribution is -0.121. The summed E-state index contributed by atoms with van der Waals surface area (Å²) in [5, 5.41) is 7.25. The van der Waals surface area contributed by atoms with Crippen molar-refractivity contribution in [1.29, 1.82) is 0 Å². The second kappa shape index (κ2) is 9.59. The molecule has 3 aromatic rings. The van der Waals surface area contributed by atoms with Crippen LogP contribution in [0.3, 0.4) is 0 Å². The van der Waals surface area contributed by atoms with E-state index in [4.69, 9.17) is 5.73 Å². The number of anilines is 1. The van der Waals surface area contributed by atoms with Gasteiger partial charge in [0.1, 0.15) is 5.56 Å². The Hall–Kier alpha value is -3.42. The number of nitrogens with two attached hydrogens (primary N) is 1. The molecule has 0 aliphatic carbocycles. The fraction of sp³-hybridized carbons (Fsp3) is 0.391. The second-order valence-electron chi connectivity index (χ2n) is 7.64. The van der Waals surface area contributed by atoms with Gasteiger partial charge in [-0.2, -0.15) is 5.10 Å². The Bertz CT molecular complexity index is 1100. The van der Waals surface area contributed by atoms with E-state index >= 15 is 0 Å². The van der Waals surface area contributed by atoms with Crippen LogP contribution in [0.25, 0.3) is 5.65 Å². The third kappa shape index (κ3) is 4.84. The maximum absolute atomic E-state index is 12.4. The van der Waals surface area contributed by atoms with Gasteiger partial charge in [-0.05, 0) is 51.3 Å². The summed E-state index contributed by atoms with van der Waals surface area (Å²) in [4.78, 5) is 30.7. The van der Waals surface area contributed by atoms with Gasteiger partial charge in [0, 0.05) is 43.1 Å². The van der Waals surface area contributed by atoms with Crippen LogP contribution in [0.4, 0.5) is 5.69 Å². The standard InChI is InChI=1S/C23H30N6O2/c1-5-28(20-9-7-6-8-15(20)2)13-12-25-21(30)11-10-18-16(3)27-23-19(22(24)31)14-26-29(23)17(18)4/h6-9,14H,5,10-13H2,1-4H3,(H2,24,31)(H,25,30). The number of hydrogen-bond acceptors (Lipinski definition) is 5. The monoisotopic (exact) mass is 422 g/mol. The number of benzene rings is 1. The Morgan fingerprint density at radius 1 is 1.19 bits per heavy atom. The summed E-state index contributed by atoms with van der Waals surface area (Å²) in [7, 11) is 0. The average molecular weight is 423 g/mol. The van der Waals surface area contributed by atoms with Gasteiger partial charge in [0.15, 0.2) is 5.65 Å².